The largest absolute Gasteiger partial charge is 0.444 e. The Hall–Kier alpha value is -2.37. The van der Waals surface area contributed by atoms with Crippen LogP contribution in [0.15, 0.2) is 30.7 Å². The zero-order valence-corrected chi connectivity index (χ0v) is 13.7. The minimum absolute atomic E-state index is 0.153. The van der Waals surface area contributed by atoms with Crippen molar-refractivity contribution in [1.29, 1.82) is 0 Å². The number of carbonyl (C=O) groups is 1. The van der Waals surface area contributed by atoms with Crippen LogP contribution >= 0.6 is 0 Å². The molecule has 0 spiro atoms. The Balaban J connectivity index is 1.91. The van der Waals surface area contributed by atoms with Gasteiger partial charge in [0.2, 0.25) is 0 Å². The van der Waals surface area contributed by atoms with Crippen LogP contribution in [0.2, 0.25) is 0 Å². The van der Waals surface area contributed by atoms with Gasteiger partial charge >= 0.3 is 6.09 Å². The number of amides is 1. The monoisotopic (exact) mass is 314 g/mol. The minimum atomic E-state index is -0.519. The smallest absolute Gasteiger partial charge is 0.411 e. The van der Waals surface area contributed by atoms with Crippen LogP contribution < -0.4 is 5.32 Å². The van der Waals surface area contributed by atoms with E-state index < -0.39 is 5.60 Å². The molecule has 0 aromatic carbocycles. The molecule has 0 saturated heterocycles. The first kappa shape index (κ1) is 15.5. The van der Waals surface area contributed by atoms with Crippen molar-refractivity contribution in [1.82, 2.24) is 20.2 Å². The maximum atomic E-state index is 12.6. The SMILES string of the molecule is CC(C)(C)OC(=O)N1CC=CCC1c1nccnc1C1=CNC1. The van der Waals surface area contributed by atoms with Crippen LogP contribution in [-0.4, -0.2) is 39.7 Å². The first-order valence-corrected chi connectivity index (χ1v) is 7.84. The summed E-state index contributed by atoms with van der Waals surface area (Å²) >= 11 is 0. The number of hydrogen-bond acceptors (Lipinski definition) is 5. The first-order valence-electron chi connectivity index (χ1n) is 7.84. The highest BCUT2D eigenvalue weighted by molar-refractivity contribution is 5.72. The van der Waals surface area contributed by atoms with Gasteiger partial charge in [-0.05, 0) is 27.2 Å². The molecule has 1 N–H and O–H groups in total. The van der Waals surface area contributed by atoms with Crippen LogP contribution in [0.1, 0.15) is 44.6 Å². The van der Waals surface area contributed by atoms with E-state index in [1.807, 2.05) is 33.0 Å². The summed E-state index contributed by atoms with van der Waals surface area (Å²) in [4.78, 5) is 23.3. The molecule has 23 heavy (non-hydrogen) atoms. The van der Waals surface area contributed by atoms with Crippen LogP contribution in [0.25, 0.3) is 5.57 Å². The molecule has 0 aliphatic carbocycles. The molecule has 6 nitrogen and oxygen atoms in total. The Labute approximate surface area is 136 Å². The predicted octanol–water partition coefficient (Wildman–Crippen LogP) is 2.66. The number of hydrogen-bond donors (Lipinski definition) is 1. The standard InChI is InChI=1S/C17H22N4O2/c1-17(2,3)23-16(22)21-9-5-4-6-13(21)15-14(12-10-18-11-12)19-7-8-20-15/h4-5,7-8,10,13,18H,6,9,11H2,1-3H3. The third-order valence-electron chi connectivity index (χ3n) is 3.75. The Morgan fingerprint density at radius 2 is 2.04 bits per heavy atom. The number of ether oxygens (including phenoxy) is 1. The summed E-state index contributed by atoms with van der Waals surface area (Å²) in [6, 6.07) is -0.153. The van der Waals surface area contributed by atoms with E-state index in [4.69, 9.17) is 4.74 Å². The number of rotatable bonds is 2. The maximum Gasteiger partial charge on any atom is 0.411 e. The Kier molecular flexibility index (Phi) is 4.07. The van der Waals surface area contributed by atoms with Gasteiger partial charge in [0, 0.05) is 37.3 Å². The van der Waals surface area contributed by atoms with E-state index in [-0.39, 0.29) is 12.1 Å². The zero-order chi connectivity index (χ0) is 16.4. The molecule has 1 unspecified atom stereocenters. The third kappa shape index (κ3) is 3.36. The molecule has 3 rings (SSSR count). The van der Waals surface area contributed by atoms with Crippen LogP contribution in [0, 0.1) is 0 Å². The van der Waals surface area contributed by atoms with E-state index in [0.717, 1.165) is 23.5 Å². The second-order valence-corrected chi connectivity index (χ2v) is 6.70. The van der Waals surface area contributed by atoms with Gasteiger partial charge < -0.3 is 10.1 Å². The highest BCUT2D eigenvalue weighted by atomic mass is 16.6. The van der Waals surface area contributed by atoms with Gasteiger partial charge in [-0.25, -0.2) is 4.79 Å². The highest BCUT2D eigenvalue weighted by Crippen LogP contribution is 2.32. The average molecular weight is 314 g/mol. The van der Waals surface area contributed by atoms with Crippen LogP contribution in [0.4, 0.5) is 4.79 Å². The molecule has 0 fully saturated rings. The fourth-order valence-electron chi connectivity index (χ4n) is 2.65. The van der Waals surface area contributed by atoms with Gasteiger partial charge in [0.1, 0.15) is 5.60 Å². The summed E-state index contributed by atoms with van der Waals surface area (Å²) < 4.78 is 5.55. The molecular weight excluding hydrogens is 292 g/mol. The van der Waals surface area contributed by atoms with Crippen molar-refractivity contribution in [3.05, 3.63) is 42.1 Å². The summed E-state index contributed by atoms with van der Waals surface area (Å²) in [5, 5.41) is 3.11. The fraction of sp³-hybridized carbons (Fsp3) is 0.471. The van der Waals surface area contributed by atoms with Crippen LogP contribution in [0.3, 0.4) is 0 Å². The van der Waals surface area contributed by atoms with E-state index in [9.17, 15) is 4.79 Å². The van der Waals surface area contributed by atoms with Gasteiger partial charge in [0.15, 0.2) is 0 Å². The molecule has 122 valence electrons. The van der Waals surface area contributed by atoms with Gasteiger partial charge in [0.25, 0.3) is 0 Å². The molecule has 1 aromatic rings. The summed E-state index contributed by atoms with van der Waals surface area (Å²) in [7, 11) is 0. The lowest BCUT2D eigenvalue weighted by molar-refractivity contribution is 0.0171. The van der Waals surface area contributed by atoms with E-state index in [1.165, 1.54) is 0 Å². The van der Waals surface area contributed by atoms with Crippen molar-refractivity contribution >= 4 is 11.7 Å². The molecule has 0 bridgehead atoms. The van der Waals surface area contributed by atoms with Gasteiger partial charge in [-0.2, -0.15) is 0 Å². The number of carbonyl (C=O) groups excluding carboxylic acids is 1. The summed E-state index contributed by atoms with van der Waals surface area (Å²) in [6.07, 6.45) is 9.77. The van der Waals surface area contributed by atoms with Crippen LogP contribution in [0.5, 0.6) is 0 Å². The second-order valence-electron chi connectivity index (χ2n) is 6.70. The summed E-state index contributed by atoms with van der Waals surface area (Å²) in [5.74, 6) is 0. The Morgan fingerprint density at radius 1 is 1.30 bits per heavy atom. The molecule has 2 aliphatic rings. The summed E-state index contributed by atoms with van der Waals surface area (Å²) in [6.45, 7) is 6.92. The molecule has 1 atom stereocenters. The normalized spacial score (nSPS) is 20.4. The van der Waals surface area contributed by atoms with E-state index in [2.05, 4.69) is 21.4 Å². The first-order chi connectivity index (χ1) is 11.0. The van der Waals surface area contributed by atoms with Crippen molar-refractivity contribution in [2.75, 3.05) is 13.1 Å². The van der Waals surface area contributed by atoms with Crippen molar-refractivity contribution in [3.63, 3.8) is 0 Å². The average Bonchev–Trinajstić information content (AvgIpc) is 2.44. The lowest BCUT2D eigenvalue weighted by Gasteiger charge is -2.35. The molecule has 0 saturated carbocycles. The quantitative estimate of drug-likeness (QED) is 0.850. The van der Waals surface area contributed by atoms with Crippen molar-refractivity contribution in [2.45, 2.75) is 38.8 Å². The Morgan fingerprint density at radius 3 is 2.70 bits per heavy atom. The molecule has 1 amide bonds. The Bertz CT molecular complexity index is 661. The molecule has 3 heterocycles. The molecule has 0 radical (unpaired) electrons. The maximum absolute atomic E-state index is 12.6. The van der Waals surface area contributed by atoms with E-state index >= 15 is 0 Å². The number of nitrogens with one attached hydrogen (secondary N) is 1. The lowest BCUT2D eigenvalue weighted by atomic mass is 9.98. The molecular formula is C17H22N4O2. The van der Waals surface area contributed by atoms with Crippen molar-refractivity contribution in [2.24, 2.45) is 0 Å². The van der Waals surface area contributed by atoms with Crippen LogP contribution in [-0.2, 0) is 4.74 Å². The summed E-state index contributed by atoms with van der Waals surface area (Å²) in [5.41, 5.74) is 2.29. The molecule has 1 aromatic heterocycles. The van der Waals surface area contributed by atoms with E-state index in [1.54, 1.807) is 17.3 Å². The fourth-order valence-corrected chi connectivity index (χ4v) is 2.65. The van der Waals surface area contributed by atoms with Gasteiger partial charge in [0.05, 0.1) is 17.4 Å². The second kappa shape index (κ2) is 6.02. The topological polar surface area (TPSA) is 67.3 Å². The highest BCUT2D eigenvalue weighted by Gasteiger charge is 2.33. The lowest BCUT2D eigenvalue weighted by Crippen LogP contribution is -2.41. The van der Waals surface area contributed by atoms with Gasteiger partial charge in [-0.3, -0.25) is 14.9 Å². The van der Waals surface area contributed by atoms with Gasteiger partial charge in [-0.1, -0.05) is 12.2 Å². The molecule has 6 heteroatoms. The molecule has 2 aliphatic heterocycles. The third-order valence-corrected chi connectivity index (χ3v) is 3.75. The number of nitrogens with zero attached hydrogens (tertiary/aromatic N) is 3. The minimum Gasteiger partial charge on any atom is -0.444 e. The zero-order valence-electron chi connectivity index (χ0n) is 13.7. The van der Waals surface area contributed by atoms with E-state index in [0.29, 0.717) is 13.0 Å². The number of aromatic nitrogens is 2. The van der Waals surface area contributed by atoms with Crippen molar-refractivity contribution < 1.29 is 9.53 Å². The van der Waals surface area contributed by atoms with Gasteiger partial charge in [-0.15, -0.1) is 0 Å². The van der Waals surface area contributed by atoms with Crippen molar-refractivity contribution in [3.8, 4) is 0 Å². The predicted molar refractivity (Wildman–Crippen MR) is 87.4 cm³/mol.